The Kier molecular flexibility index (Phi) is 4.52. The molecule has 4 heterocycles. The molecule has 4 aromatic heterocycles. The third-order valence-electron chi connectivity index (χ3n) is 4.81. The number of aliphatic hydroxyl groups excluding tert-OH is 1. The van der Waals surface area contributed by atoms with E-state index < -0.39 is 6.10 Å². The summed E-state index contributed by atoms with van der Waals surface area (Å²) < 4.78 is 1.98. The quantitative estimate of drug-likeness (QED) is 0.568. The number of anilines is 1. The van der Waals surface area contributed by atoms with Crippen LogP contribution in [-0.2, 0) is 4.79 Å². The standard InChI is InChI=1S/C21H21N5O2/c1-4-19(28)17-7-12(2)16(11-23-17)15-8-14-10-24-20(25-13(3)27)9-18(14)26-6-5-22-21(15)26/h5-11,19,28H,4H2,1-3H3,(H,24,25,27)/t19-/m1/s1. The topological polar surface area (TPSA) is 92.4 Å². The van der Waals surface area contributed by atoms with E-state index in [0.29, 0.717) is 17.9 Å². The first-order valence-electron chi connectivity index (χ1n) is 9.16. The molecular formula is C21H21N5O2. The molecule has 1 atom stereocenters. The highest BCUT2D eigenvalue weighted by Gasteiger charge is 2.15. The van der Waals surface area contributed by atoms with E-state index in [0.717, 1.165) is 33.2 Å². The second-order valence-electron chi connectivity index (χ2n) is 6.84. The fraction of sp³-hybridized carbons (Fsp3) is 0.238. The van der Waals surface area contributed by atoms with E-state index in [9.17, 15) is 9.90 Å². The smallest absolute Gasteiger partial charge is 0.222 e. The molecular weight excluding hydrogens is 354 g/mol. The summed E-state index contributed by atoms with van der Waals surface area (Å²) >= 11 is 0. The molecule has 0 aliphatic heterocycles. The number of imidazole rings is 1. The molecule has 0 saturated carbocycles. The Balaban J connectivity index is 1.90. The Morgan fingerprint density at radius 1 is 1.18 bits per heavy atom. The summed E-state index contributed by atoms with van der Waals surface area (Å²) in [5.41, 5.74) is 5.28. The number of aryl methyl sites for hydroxylation is 1. The van der Waals surface area contributed by atoms with Crippen molar-refractivity contribution < 1.29 is 9.90 Å². The lowest BCUT2D eigenvalue weighted by molar-refractivity contribution is -0.114. The van der Waals surface area contributed by atoms with Gasteiger partial charge in [0.05, 0.1) is 17.3 Å². The minimum atomic E-state index is -0.563. The van der Waals surface area contributed by atoms with E-state index in [2.05, 4.69) is 20.3 Å². The highest BCUT2D eigenvalue weighted by Crippen LogP contribution is 2.32. The number of nitrogens with zero attached hydrogens (tertiary/aromatic N) is 4. The van der Waals surface area contributed by atoms with Crippen LogP contribution in [0.1, 0.15) is 37.6 Å². The monoisotopic (exact) mass is 375 g/mol. The summed E-state index contributed by atoms with van der Waals surface area (Å²) in [6.45, 7) is 5.39. The zero-order chi connectivity index (χ0) is 19.8. The van der Waals surface area contributed by atoms with Gasteiger partial charge in [0.15, 0.2) is 0 Å². The van der Waals surface area contributed by atoms with E-state index in [1.807, 2.05) is 42.6 Å². The average molecular weight is 375 g/mol. The highest BCUT2D eigenvalue weighted by molar-refractivity contribution is 5.95. The van der Waals surface area contributed by atoms with Gasteiger partial charge in [0.25, 0.3) is 0 Å². The van der Waals surface area contributed by atoms with E-state index in [4.69, 9.17) is 0 Å². The number of amides is 1. The van der Waals surface area contributed by atoms with Crippen molar-refractivity contribution in [1.29, 1.82) is 0 Å². The molecule has 0 aliphatic carbocycles. The Hall–Kier alpha value is -3.32. The van der Waals surface area contributed by atoms with E-state index in [1.165, 1.54) is 6.92 Å². The van der Waals surface area contributed by atoms with Crippen LogP contribution in [0.2, 0.25) is 0 Å². The molecule has 0 aromatic carbocycles. The lowest BCUT2D eigenvalue weighted by atomic mass is 10.0. The molecule has 0 unspecified atom stereocenters. The van der Waals surface area contributed by atoms with Crippen LogP contribution >= 0.6 is 0 Å². The fourth-order valence-corrected chi connectivity index (χ4v) is 3.39. The number of hydrogen-bond donors (Lipinski definition) is 2. The molecule has 7 nitrogen and oxygen atoms in total. The summed E-state index contributed by atoms with van der Waals surface area (Å²) in [6.07, 6.45) is 7.21. The number of pyridine rings is 3. The van der Waals surface area contributed by atoms with Crippen LogP contribution in [0.4, 0.5) is 5.82 Å². The van der Waals surface area contributed by atoms with Crippen molar-refractivity contribution in [3.8, 4) is 11.1 Å². The van der Waals surface area contributed by atoms with Gasteiger partial charge in [-0.3, -0.25) is 14.2 Å². The molecule has 0 bridgehead atoms. The van der Waals surface area contributed by atoms with Crippen molar-refractivity contribution in [2.75, 3.05) is 5.32 Å². The highest BCUT2D eigenvalue weighted by atomic mass is 16.3. The normalized spacial score (nSPS) is 12.4. The molecule has 4 aromatic rings. The lowest BCUT2D eigenvalue weighted by Gasteiger charge is -2.13. The number of carbonyl (C=O) groups is 1. The van der Waals surface area contributed by atoms with Crippen LogP contribution < -0.4 is 5.32 Å². The zero-order valence-electron chi connectivity index (χ0n) is 16.0. The van der Waals surface area contributed by atoms with Crippen LogP contribution in [0.15, 0.2) is 43.0 Å². The third kappa shape index (κ3) is 3.10. The minimum absolute atomic E-state index is 0.165. The molecule has 0 aliphatic rings. The number of rotatable bonds is 4. The minimum Gasteiger partial charge on any atom is -0.387 e. The van der Waals surface area contributed by atoms with Gasteiger partial charge < -0.3 is 10.4 Å². The maximum atomic E-state index is 11.3. The first-order valence-corrected chi connectivity index (χ1v) is 9.16. The molecule has 2 N–H and O–H groups in total. The van der Waals surface area contributed by atoms with Crippen molar-refractivity contribution >= 4 is 28.3 Å². The van der Waals surface area contributed by atoms with Gasteiger partial charge in [0, 0.05) is 54.3 Å². The van der Waals surface area contributed by atoms with Gasteiger partial charge in [-0.1, -0.05) is 6.92 Å². The maximum absolute atomic E-state index is 11.3. The number of nitrogens with one attached hydrogen (secondary N) is 1. The zero-order valence-corrected chi connectivity index (χ0v) is 16.0. The van der Waals surface area contributed by atoms with Crippen LogP contribution in [0.25, 0.3) is 27.7 Å². The second-order valence-corrected chi connectivity index (χ2v) is 6.84. The number of fused-ring (bicyclic) bond motifs is 3. The van der Waals surface area contributed by atoms with Crippen molar-refractivity contribution in [3.63, 3.8) is 0 Å². The molecule has 1 amide bonds. The SMILES string of the molecule is CC[C@@H](O)c1cc(C)c(-c2cc3cnc(NC(C)=O)cc3n3ccnc23)cn1. The van der Waals surface area contributed by atoms with Gasteiger partial charge in [-0.05, 0) is 31.0 Å². The van der Waals surface area contributed by atoms with Crippen LogP contribution in [0, 0.1) is 6.92 Å². The molecule has 7 heteroatoms. The number of aliphatic hydroxyl groups is 1. The summed E-state index contributed by atoms with van der Waals surface area (Å²) in [7, 11) is 0. The molecule has 0 saturated heterocycles. The lowest BCUT2D eigenvalue weighted by Crippen LogP contribution is -2.07. The van der Waals surface area contributed by atoms with Crippen LogP contribution in [0.5, 0.6) is 0 Å². The number of aromatic nitrogens is 4. The summed E-state index contributed by atoms with van der Waals surface area (Å²) in [6, 6.07) is 5.79. The Morgan fingerprint density at radius 2 is 2.00 bits per heavy atom. The van der Waals surface area contributed by atoms with Gasteiger partial charge in [-0.15, -0.1) is 0 Å². The van der Waals surface area contributed by atoms with Crippen molar-refractivity contribution in [3.05, 3.63) is 54.2 Å². The number of carbonyl (C=O) groups excluding carboxylic acids is 1. The van der Waals surface area contributed by atoms with Crippen LogP contribution in [0.3, 0.4) is 0 Å². The largest absolute Gasteiger partial charge is 0.387 e. The molecule has 28 heavy (non-hydrogen) atoms. The summed E-state index contributed by atoms with van der Waals surface area (Å²) in [5.74, 6) is 0.333. The predicted octanol–water partition coefficient (Wildman–Crippen LogP) is 3.65. The molecule has 0 radical (unpaired) electrons. The van der Waals surface area contributed by atoms with Gasteiger partial charge in [-0.2, -0.15) is 0 Å². The van der Waals surface area contributed by atoms with Crippen LogP contribution in [-0.4, -0.2) is 30.4 Å². The van der Waals surface area contributed by atoms with E-state index in [-0.39, 0.29) is 5.91 Å². The van der Waals surface area contributed by atoms with E-state index >= 15 is 0 Å². The average Bonchev–Trinajstić information content (AvgIpc) is 3.17. The summed E-state index contributed by atoms with van der Waals surface area (Å²) in [5, 5.41) is 13.7. The maximum Gasteiger partial charge on any atom is 0.222 e. The predicted molar refractivity (Wildman–Crippen MR) is 108 cm³/mol. The first-order chi connectivity index (χ1) is 13.5. The first kappa shape index (κ1) is 18.1. The van der Waals surface area contributed by atoms with Crippen molar-refractivity contribution in [2.45, 2.75) is 33.3 Å². The van der Waals surface area contributed by atoms with Crippen molar-refractivity contribution in [2.24, 2.45) is 0 Å². The van der Waals surface area contributed by atoms with Crippen molar-refractivity contribution in [1.82, 2.24) is 19.4 Å². The van der Waals surface area contributed by atoms with Gasteiger partial charge in [-0.25, -0.2) is 9.97 Å². The third-order valence-corrected chi connectivity index (χ3v) is 4.81. The van der Waals surface area contributed by atoms with Gasteiger partial charge in [0.1, 0.15) is 11.5 Å². The molecule has 4 rings (SSSR count). The van der Waals surface area contributed by atoms with E-state index in [1.54, 1.807) is 18.6 Å². The Morgan fingerprint density at radius 3 is 2.71 bits per heavy atom. The molecule has 0 spiro atoms. The molecule has 0 fully saturated rings. The molecule has 142 valence electrons. The van der Waals surface area contributed by atoms with Gasteiger partial charge >= 0.3 is 0 Å². The second kappa shape index (κ2) is 7.01. The number of hydrogen-bond acceptors (Lipinski definition) is 5. The Labute approximate surface area is 162 Å². The summed E-state index contributed by atoms with van der Waals surface area (Å²) in [4.78, 5) is 24.7. The Bertz CT molecular complexity index is 1200. The van der Waals surface area contributed by atoms with Gasteiger partial charge in [0.2, 0.25) is 5.91 Å². The fourth-order valence-electron chi connectivity index (χ4n) is 3.39.